The number of carboxylic acids is 1. The van der Waals surface area contributed by atoms with Crippen LogP contribution in [0.15, 0.2) is 36.4 Å². The van der Waals surface area contributed by atoms with Crippen molar-refractivity contribution in [2.45, 2.75) is 6.92 Å². The van der Waals surface area contributed by atoms with Gasteiger partial charge in [0.1, 0.15) is 11.5 Å². The van der Waals surface area contributed by atoms with Crippen LogP contribution in [0.5, 0.6) is 0 Å². The van der Waals surface area contributed by atoms with Gasteiger partial charge in [0, 0.05) is 6.07 Å². The highest BCUT2D eigenvalue weighted by atomic mass is 19.1. The number of anilines is 2. The predicted molar refractivity (Wildman–Crippen MR) is 74.5 cm³/mol. The summed E-state index contributed by atoms with van der Waals surface area (Å²) < 4.78 is 13.8. The monoisotopic (exact) mass is 290 g/mol. The van der Waals surface area contributed by atoms with Gasteiger partial charge in [-0.2, -0.15) is 0 Å². The molecule has 0 unspecified atom stereocenters. The summed E-state index contributed by atoms with van der Waals surface area (Å²) in [4.78, 5) is 21.1. The van der Waals surface area contributed by atoms with Crippen LogP contribution >= 0.6 is 0 Å². The SMILES string of the molecule is Cc1ccc([N+](=O)[O-])c(Nc2ccc(C(=O)O)cc2F)c1. The lowest BCUT2D eigenvalue weighted by molar-refractivity contribution is -0.383. The molecule has 0 aliphatic heterocycles. The Morgan fingerprint density at radius 2 is 1.95 bits per heavy atom. The van der Waals surface area contributed by atoms with Crippen molar-refractivity contribution >= 4 is 23.0 Å². The topological polar surface area (TPSA) is 92.5 Å². The van der Waals surface area contributed by atoms with E-state index in [2.05, 4.69) is 5.32 Å². The van der Waals surface area contributed by atoms with E-state index in [9.17, 15) is 19.3 Å². The van der Waals surface area contributed by atoms with E-state index in [0.29, 0.717) is 0 Å². The highest BCUT2D eigenvalue weighted by Crippen LogP contribution is 2.29. The van der Waals surface area contributed by atoms with Crippen molar-refractivity contribution in [1.29, 1.82) is 0 Å². The summed E-state index contributed by atoms with van der Waals surface area (Å²) in [5.41, 5.74) is 0.487. The molecule has 0 aliphatic carbocycles. The van der Waals surface area contributed by atoms with Crippen LogP contribution in [0, 0.1) is 22.9 Å². The summed E-state index contributed by atoms with van der Waals surface area (Å²) >= 11 is 0. The van der Waals surface area contributed by atoms with E-state index in [1.807, 2.05) is 0 Å². The lowest BCUT2D eigenvalue weighted by Crippen LogP contribution is -2.02. The first-order valence-electron chi connectivity index (χ1n) is 5.93. The van der Waals surface area contributed by atoms with E-state index >= 15 is 0 Å². The highest BCUT2D eigenvalue weighted by molar-refractivity contribution is 5.88. The van der Waals surface area contributed by atoms with Crippen molar-refractivity contribution in [2.75, 3.05) is 5.32 Å². The minimum atomic E-state index is -1.25. The van der Waals surface area contributed by atoms with Crippen molar-refractivity contribution in [3.63, 3.8) is 0 Å². The molecular formula is C14H11FN2O4. The molecule has 2 aromatic rings. The molecule has 108 valence electrons. The molecule has 0 saturated heterocycles. The summed E-state index contributed by atoms with van der Waals surface area (Å²) in [6, 6.07) is 7.71. The Morgan fingerprint density at radius 3 is 2.52 bits per heavy atom. The lowest BCUT2D eigenvalue weighted by atomic mass is 10.1. The molecule has 21 heavy (non-hydrogen) atoms. The van der Waals surface area contributed by atoms with Gasteiger partial charge in [-0.15, -0.1) is 0 Å². The van der Waals surface area contributed by atoms with Gasteiger partial charge in [0.25, 0.3) is 5.69 Å². The number of nitro groups is 1. The number of aryl methyl sites for hydroxylation is 1. The van der Waals surface area contributed by atoms with E-state index in [1.54, 1.807) is 13.0 Å². The summed E-state index contributed by atoms with van der Waals surface area (Å²) in [6.45, 7) is 1.75. The fraction of sp³-hybridized carbons (Fsp3) is 0.0714. The van der Waals surface area contributed by atoms with Gasteiger partial charge in [0.2, 0.25) is 0 Å². The number of halogens is 1. The molecule has 2 N–H and O–H groups in total. The van der Waals surface area contributed by atoms with Gasteiger partial charge in [0.15, 0.2) is 0 Å². The van der Waals surface area contributed by atoms with Crippen LogP contribution in [0.1, 0.15) is 15.9 Å². The molecule has 0 heterocycles. The molecule has 6 nitrogen and oxygen atoms in total. The van der Waals surface area contributed by atoms with Crippen molar-refractivity contribution in [3.05, 3.63) is 63.5 Å². The molecule has 0 radical (unpaired) electrons. The smallest absolute Gasteiger partial charge is 0.335 e. The summed E-state index contributed by atoms with van der Waals surface area (Å²) in [6.07, 6.45) is 0. The van der Waals surface area contributed by atoms with E-state index < -0.39 is 16.7 Å². The van der Waals surface area contributed by atoms with Crippen LogP contribution in [0.2, 0.25) is 0 Å². The second-order valence-electron chi connectivity index (χ2n) is 4.40. The van der Waals surface area contributed by atoms with E-state index in [1.165, 1.54) is 24.3 Å². The van der Waals surface area contributed by atoms with Crippen molar-refractivity contribution in [3.8, 4) is 0 Å². The quantitative estimate of drug-likeness (QED) is 0.664. The zero-order valence-corrected chi connectivity index (χ0v) is 11.0. The van der Waals surface area contributed by atoms with Gasteiger partial charge < -0.3 is 10.4 Å². The van der Waals surface area contributed by atoms with Crippen LogP contribution in [-0.2, 0) is 0 Å². The van der Waals surface area contributed by atoms with E-state index in [0.717, 1.165) is 11.6 Å². The Labute approximate surface area is 119 Å². The average Bonchev–Trinajstić information content (AvgIpc) is 2.40. The van der Waals surface area contributed by atoms with Crippen LogP contribution in [0.3, 0.4) is 0 Å². The first-order valence-corrected chi connectivity index (χ1v) is 5.93. The molecule has 0 aromatic heterocycles. The molecule has 0 aliphatic rings. The maximum Gasteiger partial charge on any atom is 0.335 e. The summed E-state index contributed by atoms with van der Waals surface area (Å²) in [5, 5.41) is 22.3. The first-order chi connectivity index (χ1) is 9.88. The summed E-state index contributed by atoms with van der Waals surface area (Å²) in [7, 11) is 0. The molecule has 0 fully saturated rings. The fourth-order valence-corrected chi connectivity index (χ4v) is 1.80. The van der Waals surface area contributed by atoms with Crippen molar-refractivity contribution in [2.24, 2.45) is 0 Å². The molecule has 7 heteroatoms. The zero-order valence-electron chi connectivity index (χ0n) is 11.0. The zero-order chi connectivity index (χ0) is 15.6. The molecule has 0 amide bonds. The predicted octanol–water partition coefficient (Wildman–Crippen LogP) is 3.48. The number of nitrogens with one attached hydrogen (secondary N) is 1. The third-order valence-corrected chi connectivity index (χ3v) is 2.83. The molecule has 0 spiro atoms. The standard InChI is InChI=1S/C14H11FN2O4/c1-8-2-5-13(17(20)21)12(6-8)16-11-4-3-9(14(18)19)7-10(11)15/h2-7,16H,1H3,(H,18,19). The maximum absolute atomic E-state index is 13.8. The number of hydrogen-bond acceptors (Lipinski definition) is 4. The fourth-order valence-electron chi connectivity index (χ4n) is 1.80. The maximum atomic E-state index is 13.8. The normalized spacial score (nSPS) is 10.2. The number of benzene rings is 2. The van der Waals surface area contributed by atoms with Crippen LogP contribution in [-0.4, -0.2) is 16.0 Å². The third-order valence-electron chi connectivity index (χ3n) is 2.83. The number of carbonyl (C=O) groups is 1. The second kappa shape index (κ2) is 5.58. The Hall–Kier alpha value is -2.96. The molecule has 0 bridgehead atoms. The number of aromatic carboxylic acids is 1. The van der Waals surface area contributed by atoms with E-state index in [4.69, 9.17) is 5.11 Å². The van der Waals surface area contributed by atoms with Crippen LogP contribution in [0.25, 0.3) is 0 Å². The van der Waals surface area contributed by atoms with Gasteiger partial charge in [-0.3, -0.25) is 10.1 Å². The number of hydrogen-bond donors (Lipinski definition) is 2. The summed E-state index contributed by atoms with van der Waals surface area (Å²) in [5.74, 6) is -2.05. The Balaban J connectivity index is 2.40. The van der Waals surface area contributed by atoms with E-state index in [-0.39, 0.29) is 22.6 Å². The Kier molecular flexibility index (Phi) is 3.84. The van der Waals surface area contributed by atoms with Gasteiger partial charge in [-0.1, -0.05) is 6.07 Å². The minimum Gasteiger partial charge on any atom is -0.478 e. The van der Waals surface area contributed by atoms with Crippen molar-refractivity contribution in [1.82, 2.24) is 0 Å². The minimum absolute atomic E-state index is 0.0336. The number of rotatable bonds is 4. The van der Waals surface area contributed by atoms with Gasteiger partial charge >= 0.3 is 5.97 Å². The van der Waals surface area contributed by atoms with Crippen LogP contribution < -0.4 is 5.32 Å². The third kappa shape index (κ3) is 3.14. The first kappa shape index (κ1) is 14.4. The second-order valence-corrected chi connectivity index (χ2v) is 4.40. The highest BCUT2D eigenvalue weighted by Gasteiger charge is 2.16. The average molecular weight is 290 g/mol. The Morgan fingerprint density at radius 1 is 1.24 bits per heavy atom. The van der Waals surface area contributed by atoms with Gasteiger partial charge in [-0.25, -0.2) is 9.18 Å². The largest absolute Gasteiger partial charge is 0.478 e. The van der Waals surface area contributed by atoms with Crippen molar-refractivity contribution < 1.29 is 19.2 Å². The lowest BCUT2D eigenvalue weighted by Gasteiger charge is -2.09. The number of carboxylic acid groups (broad SMARTS) is 1. The number of nitrogens with zero attached hydrogens (tertiary/aromatic N) is 1. The number of nitro benzene ring substituents is 1. The Bertz CT molecular complexity index is 731. The molecule has 2 aromatic carbocycles. The molecule has 0 atom stereocenters. The molecular weight excluding hydrogens is 279 g/mol. The van der Waals surface area contributed by atoms with Gasteiger partial charge in [0.05, 0.1) is 16.2 Å². The molecule has 2 rings (SSSR count). The van der Waals surface area contributed by atoms with Gasteiger partial charge in [-0.05, 0) is 36.8 Å². The molecule has 0 saturated carbocycles. The van der Waals surface area contributed by atoms with Crippen LogP contribution in [0.4, 0.5) is 21.5 Å².